The molecule has 11 heteroatoms. The average Bonchev–Trinajstić information content (AvgIpc) is 3.26. The van der Waals surface area contributed by atoms with Gasteiger partial charge in [0.15, 0.2) is 5.13 Å². The van der Waals surface area contributed by atoms with Gasteiger partial charge in [-0.15, -0.1) is 0 Å². The van der Waals surface area contributed by atoms with E-state index in [1.807, 2.05) is 13.8 Å². The standard InChI is InChI=1S/C24H27FN4O4S2/c1-16-14-29(15-17(2)33-16)35(31,32)20-6-3-18(4-7-20)23(30)27-9-11-28(12-10-27)24-26-21-8-5-19(25)13-22(21)34-24/h3-8,13,16-17H,9-12,14-15H2,1-2H3. The van der Waals surface area contributed by atoms with Crippen molar-refractivity contribution in [3.05, 3.63) is 53.8 Å². The van der Waals surface area contributed by atoms with E-state index in [0.717, 1.165) is 15.3 Å². The zero-order valence-electron chi connectivity index (χ0n) is 19.6. The van der Waals surface area contributed by atoms with Crippen molar-refractivity contribution in [2.45, 2.75) is 31.0 Å². The van der Waals surface area contributed by atoms with E-state index in [1.54, 1.807) is 23.1 Å². The molecule has 0 N–H and O–H groups in total. The van der Waals surface area contributed by atoms with E-state index in [0.29, 0.717) is 44.8 Å². The molecule has 35 heavy (non-hydrogen) atoms. The summed E-state index contributed by atoms with van der Waals surface area (Å²) in [6.07, 6.45) is -0.339. The van der Waals surface area contributed by atoms with Crippen molar-refractivity contribution in [1.29, 1.82) is 0 Å². The molecule has 2 unspecified atom stereocenters. The van der Waals surface area contributed by atoms with Crippen LogP contribution >= 0.6 is 11.3 Å². The molecule has 2 fully saturated rings. The second-order valence-corrected chi connectivity index (χ2v) is 11.9. The Hall–Kier alpha value is -2.60. The third-order valence-corrected chi connectivity index (χ3v) is 9.23. The number of hydrogen-bond acceptors (Lipinski definition) is 7. The summed E-state index contributed by atoms with van der Waals surface area (Å²) in [4.78, 5) is 21.7. The molecule has 8 nitrogen and oxygen atoms in total. The van der Waals surface area contributed by atoms with Gasteiger partial charge in [0.05, 0.1) is 27.3 Å². The molecule has 1 amide bonds. The van der Waals surface area contributed by atoms with Gasteiger partial charge in [0.2, 0.25) is 10.0 Å². The molecule has 0 bridgehead atoms. The lowest BCUT2D eigenvalue weighted by Crippen LogP contribution is -2.48. The van der Waals surface area contributed by atoms with E-state index in [-0.39, 0.29) is 28.8 Å². The smallest absolute Gasteiger partial charge is 0.253 e. The largest absolute Gasteiger partial charge is 0.373 e. The van der Waals surface area contributed by atoms with Crippen molar-refractivity contribution in [3.8, 4) is 0 Å². The highest BCUT2D eigenvalue weighted by molar-refractivity contribution is 7.89. The van der Waals surface area contributed by atoms with Crippen LogP contribution in [0, 0.1) is 5.82 Å². The van der Waals surface area contributed by atoms with Crippen LogP contribution in [0.2, 0.25) is 0 Å². The number of benzene rings is 2. The molecule has 5 rings (SSSR count). The highest BCUT2D eigenvalue weighted by Gasteiger charge is 2.32. The SMILES string of the molecule is CC1CN(S(=O)(=O)c2ccc(C(=O)N3CCN(c4nc5ccc(F)cc5s4)CC3)cc2)CC(C)O1. The quantitative estimate of drug-likeness (QED) is 0.528. The van der Waals surface area contributed by atoms with Crippen LogP contribution in [0.15, 0.2) is 47.4 Å². The van der Waals surface area contributed by atoms with Gasteiger partial charge in [0.25, 0.3) is 5.91 Å². The Balaban J connectivity index is 1.23. The molecule has 2 aliphatic heterocycles. The lowest BCUT2D eigenvalue weighted by molar-refractivity contribution is -0.0440. The number of amides is 1. The van der Waals surface area contributed by atoms with Crippen molar-refractivity contribution in [2.24, 2.45) is 0 Å². The van der Waals surface area contributed by atoms with Crippen molar-refractivity contribution >= 4 is 42.6 Å². The van der Waals surface area contributed by atoms with Crippen LogP contribution in [0.25, 0.3) is 10.2 Å². The molecule has 2 atom stereocenters. The van der Waals surface area contributed by atoms with Crippen molar-refractivity contribution in [3.63, 3.8) is 0 Å². The summed E-state index contributed by atoms with van der Waals surface area (Å²) >= 11 is 1.44. The van der Waals surface area contributed by atoms with Gasteiger partial charge in [0, 0.05) is 44.8 Å². The molecule has 0 saturated carbocycles. The van der Waals surface area contributed by atoms with E-state index in [2.05, 4.69) is 9.88 Å². The van der Waals surface area contributed by atoms with Gasteiger partial charge in [-0.25, -0.2) is 17.8 Å². The van der Waals surface area contributed by atoms with Crippen LogP contribution in [0.3, 0.4) is 0 Å². The molecule has 0 spiro atoms. The van der Waals surface area contributed by atoms with E-state index in [9.17, 15) is 17.6 Å². The molecule has 2 aliphatic rings. The normalized spacial score (nSPS) is 22.0. The van der Waals surface area contributed by atoms with Crippen molar-refractivity contribution < 1.29 is 22.3 Å². The van der Waals surface area contributed by atoms with Gasteiger partial charge in [0.1, 0.15) is 5.82 Å². The number of aromatic nitrogens is 1. The lowest BCUT2D eigenvalue weighted by atomic mass is 10.2. The van der Waals surface area contributed by atoms with Gasteiger partial charge >= 0.3 is 0 Å². The number of halogens is 1. The topological polar surface area (TPSA) is 83.1 Å². The first-order valence-electron chi connectivity index (χ1n) is 11.6. The summed E-state index contributed by atoms with van der Waals surface area (Å²) < 4.78 is 47.5. The molecule has 0 aliphatic carbocycles. The molecule has 3 aromatic rings. The number of nitrogens with zero attached hydrogens (tertiary/aromatic N) is 4. The zero-order valence-corrected chi connectivity index (χ0v) is 21.2. The first kappa shape index (κ1) is 24.1. The van der Waals surface area contributed by atoms with Crippen molar-refractivity contribution in [2.75, 3.05) is 44.2 Å². The van der Waals surface area contributed by atoms with Gasteiger partial charge in [-0.05, 0) is 56.3 Å². The first-order chi connectivity index (χ1) is 16.7. The molecular formula is C24H27FN4O4S2. The van der Waals surface area contributed by atoms with Crippen LogP contribution in [0.1, 0.15) is 24.2 Å². The number of carbonyl (C=O) groups is 1. The molecule has 0 radical (unpaired) electrons. The predicted molar refractivity (Wildman–Crippen MR) is 133 cm³/mol. The first-order valence-corrected chi connectivity index (χ1v) is 13.8. The van der Waals surface area contributed by atoms with Crippen LogP contribution in [0.4, 0.5) is 9.52 Å². The maximum absolute atomic E-state index is 13.5. The fourth-order valence-corrected chi connectivity index (χ4v) is 7.18. The second kappa shape index (κ2) is 9.45. The third kappa shape index (κ3) is 4.90. The number of sulfonamides is 1. The van der Waals surface area contributed by atoms with Gasteiger partial charge in [-0.1, -0.05) is 11.3 Å². The Morgan fingerprint density at radius 2 is 1.69 bits per heavy atom. The summed E-state index contributed by atoms with van der Waals surface area (Å²) in [5, 5.41) is 0.819. The summed E-state index contributed by atoms with van der Waals surface area (Å²) in [5.74, 6) is -0.412. The van der Waals surface area contributed by atoms with Crippen molar-refractivity contribution in [1.82, 2.24) is 14.2 Å². The number of fused-ring (bicyclic) bond motifs is 1. The average molecular weight is 519 g/mol. The fraction of sp³-hybridized carbons (Fsp3) is 0.417. The number of hydrogen-bond donors (Lipinski definition) is 0. The molecule has 2 saturated heterocycles. The second-order valence-electron chi connectivity index (χ2n) is 8.99. The summed E-state index contributed by atoms with van der Waals surface area (Å²) in [6.45, 7) is 6.61. The number of thiazole rings is 1. The number of carbonyl (C=O) groups excluding carboxylic acids is 1. The minimum Gasteiger partial charge on any atom is -0.373 e. The number of piperazine rings is 1. The maximum atomic E-state index is 13.5. The van der Waals surface area contributed by atoms with Gasteiger partial charge in [-0.2, -0.15) is 4.31 Å². The number of rotatable bonds is 4. The minimum atomic E-state index is -3.65. The fourth-order valence-electron chi connectivity index (χ4n) is 4.55. The minimum absolute atomic E-state index is 0.131. The summed E-state index contributed by atoms with van der Waals surface area (Å²) in [5.41, 5.74) is 1.22. The van der Waals surface area contributed by atoms with Gasteiger partial charge in [-0.3, -0.25) is 4.79 Å². The third-order valence-electron chi connectivity index (χ3n) is 6.30. The van der Waals surface area contributed by atoms with Crippen LogP contribution in [-0.2, 0) is 14.8 Å². The van der Waals surface area contributed by atoms with Gasteiger partial charge < -0.3 is 14.5 Å². The van der Waals surface area contributed by atoms with E-state index >= 15 is 0 Å². The Labute approximate surface area is 208 Å². The highest BCUT2D eigenvalue weighted by atomic mass is 32.2. The number of ether oxygens (including phenoxy) is 1. The maximum Gasteiger partial charge on any atom is 0.253 e. The predicted octanol–water partition coefficient (Wildman–Crippen LogP) is 3.20. The Morgan fingerprint density at radius 1 is 1.03 bits per heavy atom. The summed E-state index contributed by atoms with van der Waals surface area (Å²) in [7, 11) is -3.65. The van der Waals surface area contributed by atoms with Crippen LogP contribution in [-0.4, -0.2) is 80.0 Å². The Bertz CT molecular complexity index is 1330. The molecule has 1 aromatic heterocycles. The lowest BCUT2D eigenvalue weighted by Gasteiger charge is -2.35. The van der Waals surface area contributed by atoms with Crippen LogP contribution < -0.4 is 4.90 Å². The van der Waals surface area contributed by atoms with E-state index in [1.165, 1.54) is 39.9 Å². The number of morpholine rings is 1. The van der Waals surface area contributed by atoms with Crippen LogP contribution in [0.5, 0.6) is 0 Å². The summed E-state index contributed by atoms with van der Waals surface area (Å²) in [6, 6.07) is 10.7. The van der Waals surface area contributed by atoms with E-state index in [4.69, 9.17) is 4.74 Å². The highest BCUT2D eigenvalue weighted by Crippen LogP contribution is 2.30. The number of anilines is 1. The molecule has 186 valence electrons. The Morgan fingerprint density at radius 3 is 2.34 bits per heavy atom. The Kier molecular flexibility index (Phi) is 6.51. The molecule has 2 aromatic carbocycles. The molecule has 3 heterocycles. The molecular weight excluding hydrogens is 491 g/mol. The van der Waals surface area contributed by atoms with E-state index < -0.39 is 10.0 Å². The monoisotopic (exact) mass is 518 g/mol. The zero-order chi connectivity index (χ0) is 24.7.